The second-order valence-corrected chi connectivity index (χ2v) is 7.41. The van der Waals surface area contributed by atoms with E-state index in [0.717, 1.165) is 24.9 Å². The number of amides is 1. The van der Waals surface area contributed by atoms with Crippen molar-refractivity contribution in [2.45, 2.75) is 32.4 Å². The molecule has 1 aromatic carbocycles. The zero-order valence-electron chi connectivity index (χ0n) is 16.5. The maximum absolute atomic E-state index is 13.0. The predicted molar refractivity (Wildman–Crippen MR) is 109 cm³/mol. The van der Waals surface area contributed by atoms with Gasteiger partial charge in [0.15, 0.2) is 11.2 Å². The standard InChI is InChI=1S/C20H24N6O3/c1-13-21-17-16(18(27)24(13)2)26(11-14-7-4-3-5-8-14)19(23-17)25-10-6-9-15(12-25)22-20(28)29/h3-5,7-8,15,22H,6,9-12H2,1-2H3,(H,28,29). The molecule has 9 heteroatoms. The van der Waals surface area contributed by atoms with E-state index >= 15 is 0 Å². The molecule has 1 aliphatic heterocycles. The lowest BCUT2D eigenvalue weighted by Crippen LogP contribution is -2.48. The maximum atomic E-state index is 13.0. The van der Waals surface area contributed by atoms with Gasteiger partial charge in [0, 0.05) is 26.2 Å². The largest absolute Gasteiger partial charge is 0.465 e. The second kappa shape index (κ2) is 7.57. The van der Waals surface area contributed by atoms with Gasteiger partial charge in [-0.25, -0.2) is 9.78 Å². The van der Waals surface area contributed by atoms with Crippen LogP contribution in [0, 0.1) is 6.92 Å². The number of carbonyl (C=O) groups is 1. The predicted octanol–water partition coefficient (Wildman–Crippen LogP) is 1.72. The highest BCUT2D eigenvalue weighted by Gasteiger charge is 2.27. The smallest absolute Gasteiger partial charge is 0.404 e. The summed E-state index contributed by atoms with van der Waals surface area (Å²) in [7, 11) is 1.71. The minimum absolute atomic E-state index is 0.139. The summed E-state index contributed by atoms with van der Waals surface area (Å²) in [5, 5.41) is 11.6. The number of piperidine rings is 1. The van der Waals surface area contributed by atoms with Crippen molar-refractivity contribution in [1.29, 1.82) is 0 Å². The number of aryl methyl sites for hydroxylation is 1. The van der Waals surface area contributed by atoms with Gasteiger partial charge in [-0.3, -0.25) is 13.9 Å². The van der Waals surface area contributed by atoms with Crippen LogP contribution in [-0.4, -0.2) is 49.4 Å². The third kappa shape index (κ3) is 3.67. The van der Waals surface area contributed by atoms with Crippen LogP contribution in [-0.2, 0) is 13.6 Å². The minimum Gasteiger partial charge on any atom is -0.465 e. The molecule has 2 N–H and O–H groups in total. The Hall–Kier alpha value is -3.36. The highest BCUT2D eigenvalue weighted by atomic mass is 16.4. The van der Waals surface area contributed by atoms with Gasteiger partial charge in [-0.1, -0.05) is 30.3 Å². The van der Waals surface area contributed by atoms with Crippen LogP contribution in [0.4, 0.5) is 10.7 Å². The molecule has 152 valence electrons. The highest BCUT2D eigenvalue weighted by molar-refractivity contribution is 5.74. The quantitative estimate of drug-likeness (QED) is 0.696. The lowest BCUT2D eigenvalue weighted by atomic mass is 10.1. The SMILES string of the molecule is Cc1nc2nc(N3CCCC(NC(=O)O)C3)n(Cc3ccccc3)c2c(=O)n1C. The van der Waals surface area contributed by atoms with Gasteiger partial charge in [0.1, 0.15) is 5.82 Å². The fourth-order valence-electron chi connectivity index (χ4n) is 3.86. The van der Waals surface area contributed by atoms with Crippen molar-refractivity contribution < 1.29 is 9.90 Å². The Bertz CT molecular complexity index is 1100. The molecule has 4 rings (SSSR count). The molecule has 1 saturated heterocycles. The van der Waals surface area contributed by atoms with E-state index in [4.69, 9.17) is 10.1 Å². The number of nitrogens with one attached hydrogen (secondary N) is 1. The molecule has 2 aromatic heterocycles. The molecule has 0 radical (unpaired) electrons. The van der Waals surface area contributed by atoms with Crippen LogP contribution in [0.3, 0.4) is 0 Å². The number of aromatic nitrogens is 4. The molecule has 3 heterocycles. The number of benzene rings is 1. The Labute approximate surface area is 167 Å². The van der Waals surface area contributed by atoms with Crippen LogP contribution >= 0.6 is 0 Å². The average Bonchev–Trinajstić information content (AvgIpc) is 3.05. The van der Waals surface area contributed by atoms with Gasteiger partial charge < -0.3 is 15.3 Å². The lowest BCUT2D eigenvalue weighted by molar-refractivity contribution is 0.188. The zero-order chi connectivity index (χ0) is 20.5. The molecular weight excluding hydrogens is 372 g/mol. The monoisotopic (exact) mass is 396 g/mol. The molecule has 1 amide bonds. The fourth-order valence-corrected chi connectivity index (χ4v) is 3.86. The van der Waals surface area contributed by atoms with Crippen molar-refractivity contribution in [3.8, 4) is 0 Å². The van der Waals surface area contributed by atoms with E-state index in [2.05, 4.69) is 10.3 Å². The van der Waals surface area contributed by atoms with Gasteiger partial charge in [-0.05, 0) is 25.3 Å². The molecule has 0 saturated carbocycles. The molecule has 0 aliphatic carbocycles. The van der Waals surface area contributed by atoms with E-state index in [1.807, 2.05) is 39.8 Å². The van der Waals surface area contributed by atoms with Crippen molar-refractivity contribution in [1.82, 2.24) is 24.4 Å². The van der Waals surface area contributed by atoms with Crippen LogP contribution in [0.15, 0.2) is 35.1 Å². The average molecular weight is 396 g/mol. The van der Waals surface area contributed by atoms with E-state index in [1.54, 1.807) is 14.0 Å². The molecule has 9 nitrogen and oxygen atoms in total. The summed E-state index contributed by atoms with van der Waals surface area (Å²) in [4.78, 5) is 35.4. The minimum atomic E-state index is -1.03. The molecule has 1 atom stereocenters. The van der Waals surface area contributed by atoms with Crippen LogP contribution < -0.4 is 15.8 Å². The first kappa shape index (κ1) is 19.0. The second-order valence-electron chi connectivity index (χ2n) is 7.41. The highest BCUT2D eigenvalue weighted by Crippen LogP contribution is 2.24. The fraction of sp³-hybridized carbons (Fsp3) is 0.400. The Kier molecular flexibility index (Phi) is 4.96. The number of imidazole rings is 1. The van der Waals surface area contributed by atoms with E-state index in [9.17, 15) is 9.59 Å². The van der Waals surface area contributed by atoms with Crippen LogP contribution in [0.5, 0.6) is 0 Å². The molecule has 1 unspecified atom stereocenters. The Morgan fingerprint density at radius 3 is 2.76 bits per heavy atom. The van der Waals surface area contributed by atoms with Crippen molar-refractivity contribution in [3.63, 3.8) is 0 Å². The van der Waals surface area contributed by atoms with Crippen LogP contribution in [0.25, 0.3) is 11.2 Å². The summed E-state index contributed by atoms with van der Waals surface area (Å²) in [5.74, 6) is 1.25. The third-order valence-electron chi connectivity index (χ3n) is 5.40. The summed E-state index contributed by atoms with van der Waals surface area (Å²) < 4.78 is 3.43. The molecule has 1 aliphatic rings. The topological polar surface area (TPSA) is 105 Å². The third-order valence-corrected chi connectivity index (χ3v) is 5.40. The number of fused-ring (bicyclic) bond motifs is 1. The van der Waals surface area contributed by atoms with Crippen LogP contribution in [0.1, 0.15) is 24.2 Å². The first-order valence-corrected chi connectivity index (χ1v) is 9.66. The summed E-state index contributed by atoms with van der Waals surface area (Å²) in [6.07, 6.45) is 0.589. The van der Waals surface area contributed by atoms with Crippen LogP contribution in [0.2, 0.25) is 0 Å². The van der Waals surface area contributed by atoms with E-state index < -0.39 is 6.09 Å². The molecule has 3 aromatic rings. The van der Waals surface area contributed by atoms with Gasteiger partial charge in [0.05, 0.1) is 6.54 Å². The summed E-state index contributed by atoms with van der Waals surface area (Å²) >= 11 is 0. The van der Waals surface area contributed by atoms with Crippen molar-refractivity contribution >= 4 is 23.2 Å². The Morgan fingerprint density at radius 2 is 2.03 bits per heavy atom. The number of rotatable bonds is 4. The molecule has 0 bridgehead atoms. The van der Waals surface area contributed by atoms with E-state index in [1.165, 1.54) is 4.57 Å². The van der Waals surface area contributed by atoms with E-state index in [-0.39, 0.29) is 11.6 Å². The molecule has 29 heavy (non-hydrogen) atoms. The lowest BCUT2D eigenvalue weighted by Gasteiger charge is -2.33. The van der Waals surface area contributed by atoms with Crippen molar-refractivity contribution in [2.24, 2.45) is 7.05 Å². The van der Waals surface area contributed by atoms with Gasteiger partial charge in [0.25, 0.3) is 5.56 Å². The zero-order valence-corrected chi connectivity index (χ0v) is 16.5. The number of hydrogen-bond acceptors (Lipinski definition) is 5. The van der Waals surface area contributed by atoms with Gasteiger partial charge in [-0.2, -0.15) is 4.98 Å². The van der Waals surface area contributed by atoms with Crippen molar-refractivity contribution in [3.05, 3.63) is 52.1 Å². The summed E-state index contributed by atoms with van der Waals surface area (Å²) in [6, 6.07) is 9.71. The number of anilines is 1. The first-order valence-electron chi connectivity index (χ1n) is 9.66. The summed E-state index contributed by atoms with van der Waals surface area (Å²) in [6.45, 7) is 3.52. The first-order chi connectivity index (χ1) is 13.9. The number of hydrogen-bond donors (Lipinski definition) is 2. The Morgan fingerprint density at radius 1 is 1.28 bits per heavy atom. The molecule has 0 spiro atoms. The molecular formula is C20H24N6O3. The normalized spacial score (nSPS) is 16.9. The van der Waals surface area contributed by atoms with Gasteiger partial charge in [0.2, 0.25) is 5.95 Å². The molecule has 1 fully saturated rings. The number of carboxylic acid groups (broad SMARTS) is 1. The van der Waals surface area contributed by atoms with E-state index in [0.29, 0.717) is 36.0 Å². The summed E-state index contributed by atoms with van der Waals surface area (Å²) in [5.41, 5.74) is 1.79. The van der Waals surface area contributed by atoms with Gasteiger partial charge in [-0.15, -0.1) is 0 Å². The number of nitrogens with zero attached hydrogens (tertiary/aromatic N) is 5. The maximum Gasteiger partial charge on any atom is 0.404 e. The Balaban J connectivity index is 1.82. The van der Waals surface area contributed by atoms with Gasteiger partial charge >= 0.3 is 6.09 Å². The van der Waals surface area contributed by atoms with Crippen molar-refractivity contribution in [2.75, 3.05) is 18.0 Å².